The maximum absolute atomic E-state index is 9.76. The lowest BCUT2D eigenvalue weighted by Gasteiger charge is -2.11. The summed E-state index contributed by atoms with van der Waals surface area (Å²) < 4.78 is 0. The highest BCUT2D eigenvalue weighted by Gasteiger charge is 2.10. The third-order valence-corrected chi connectivity index (χ3v) is 2.77. The van der Waals surface area contributed by atoms with E-state index in [9.17, 15) is 10.2 Å². The molecule has 1 aromatic rings. The molecule has 0 saturated heterocycles. The Morgan fingerprint density at radius 1 is 1.07 bits per heavy atom. The van der Waals surface area contributed by atoms with E-state index in [0.717, 1.165) is 36.8 Å². The van der Waals surface area contributed by atoms with Crippen molar-refractivity contribution in [2.75, 3.05) is 0 Å². The molecule has 2 heteroatoms. The summed E-state index contributed by atoms with van der Waals surface area (Å²) in [4.78, 5) is 0. The minimum absolute atomic E-state index is 0.00121. The molecule has 2 N–H and O–H groups in total. The van der Waals surface area contributed by atoms with Crippen molar-refractivity contribution in [3.63, 3.8) is 0 Å². The minimum atomic E-state index is -0.00121. The molecule has 2 nitrogen and oxygen atoms in total. The van der Waals surface area contributed by atoms with Gasteiger partial charge in [0.1, 0.15) is 0 Å². The van der Waals surface area contributed by atoms with Gasteiger partial charge in [0.15, 0.2) is 11.5 Å². The molecule has 0 unspecified atom stereocenters. The second-order valence-electron chi connectivity index (χ2n) is 3.88. The Morgan fingerprint density at radius 3 is 2.40 bits per heavy atom. The predicted molar refractivity (Wildman–Crippen MR) is 62.4 cm³/mol. The van der Waals surface area contributed by atoms with Crippen molar-refractivity contribution in [1.82, 2.24) is 0 Å². The molecule has 0 aliphatic carbocycles. The highest BCUT2D eigenvalue weighted by atomic mass is 16.3. The number of unbranched alkanes of at least 4 members (excludes halogenated alkanes) is 2. The molecular formula is C13H20O2. The van der Waals surface area contributed by atoms with Gasteiger partial charge in [0.05, 0.1) is 0 Å². The van der Waals surface area contributed by atoms with E-state index in [4.69, 9.17) is 0 Å². The summed E-state index contributed by atoms with van der Waals surface area (Å²) in [5.74, 6) is 0.0733. The largest absolute Gasteiger partial charge is 0.504 e. The van der Waals surface area contributed by atoms with Crippen LogP contribution in [-0.2, 0) is 12.8 Å². The van der Waals surface area contributed by atoms with Gasteiger partial charge in [-0.25, -0.2) is 0 Å². The molecule has 1 rings (SSSR count). The second-order valence-corrected chi connectivity index (χ2v) is 3.88. The molecule has 0 aromatic heterocycles. The number of aromatic hydroxyl groups is 2. The first kappa shape index (κ1) is 11.9. The third-order valence-electron chi connectivity index (χ3n) is 2.77. The van der Waals surface area contributed by atoms with E-state index in [2.05, 4.69) is 13.8 Å². The molecule has 0 radical (unpaired) electrons. The minimum Gasteiger partial charge on any atom is -0.504 e. The second kappa shape index (κ2) is 5.64. The van der Waals surface area contributed by atoms with E-state index in [-0.39, 0.29) is 11.5 Å². The van der Waals surface area contributed by atoms with E-state index in [0.29, 0.717) is 0 Å². The summed E-state index contributed by atoms with van der Waals surface area (Å²) in [5, 5.41) is 19.2. The molecule has 0 fully saturated rings. The van der Waals surface area contributed by atoms with Gasteiger partial charge >= 0.3 is 0 Å². The van der Waals surface area contributed by atoms with E-state index in [1.807, 2.05) is 6.07 Å². The van der Waals surface area contributed by atoms with Crippen LogP contribution in [0.3, 0.4) is 0 Å². The van der Waals surface area contributed by atoms with Gasteiger partial charge in [0.2, 0.25) is 0 Å². The van der Waals surface area contributed by atoms with Crippen molar-refractivity contribution < 1.29 is 10.2 Å². The van der Waals surface area contributed by atoms with Gasteiger partial charge in [-0.15, -0.1) is 0 Å². The van der Waals surface area contributed by atoms with Crippen LogP contribution in [0.15, 0.2) is 12.1 Å². The summed E-state index contributed by atoms with van der Waals surface area (Å²) >= 11 is 0. The smallest absolute Gasteiger partial charge is 0.160 e. The van der Waals surface area contributed by atoms with Crippen molar-refractivity contribution in [3.05, 3.63) is 23.3 Å². The summed E-state index contributed by atoms with van der Waals surface area (Å²) in [5.41, 5.74) is 2.06. The van der Waals surface area contributed by atoms with Gasteiger partial charge in [0, 0.05) is 5.56 Å². The monoisotopic (exact) mass is 208 g/mol. The van der Waals surface area contributed by atoms with Crippen molar-refractivity contribution >= 4 is 0 Å². The number of hydrogen-bond donors (Lipinski definition) is 2. The standard InChI is InChI=1S/C13H20O2/c1-3-5-6-7-11-10(4-2)8-9-12(14)13(11)15/h8-9,14-15H,3-7H2,1-2H3. The van der Waals surface area contributed by atoms with E-state index in [1.165, 1.54) is 6.42 Å². The van der Waals surface area contributed by atoms with Crippen LogP contribution < -0.4 is 0 Å². The first-order chi connectivity index (χ1) is 7.20. The average Bonchev–Trinajstić information content (AvgIpc) is 2.25. The first-order valence-electron chi connectivity index (χ1n) is 5.73. The van der Waals surface area contributed by atoms with Crippen LogP contribution >= 0.6 is 0 Å². The Balaban J connectivity index is 2.86. The Hall–Kier alpha value is -1.18. The van der Waals surface area contributed by atoms with E-state index in [1.54, 1.807) is 6.07 Å². The molecule has 0 amide bonds. The maximum Gasteiger partial charge on any atom is 0.160 e. The lowest BCUT2D eigenvalue weighted by atomic mass is 9.98. The zero-order valence-electron chi connectivity index (χ0n) is 9.58. The van der Waals surface area contributed by atoms with Gasteiger partial charge in [-0.2, -0.15) is 0 Å². The number of aryl methyl sites for hydroxylation is 1. The molecule has 84 valence electrons. The van der Waals surface area contributed by atoms with Crippen LogP contribution in [0, 0.1) is 0 Å². The highest BCUT2D eigenvalue weighted by molar-refractivity contribution is 5.49. The Labute approximate surface area is 91.6 Å². The van der Waals surface area contributed by atoms with Crippen molar-refractivity contribution in [1.29, 1.82) is 0 Å². The molecule has 1 aromatic carbocycles. The number of benzene rings is 1. The number of phenols is 2. The highest BCUT2D eigenvalue weighted by Crippen LogP contribution is 2.32. The lowest BCUT2D eigenvalue weighted by Crippen LogP contribution is -1.94. The lowest BCUT2D eigenvalue weighted by molar-refractivity contribution is 0.398. The summed E-state index contributed by atoms with van der Waals surface area (Å²) in [6, 6.07) is 3.47. The SMILES string of the molecule is CCCCCc1c(CC)ccc(O)c1O. The average molecular weight is 208 g/mol. The van der Waals surface area contributed by atoms with E-state index >= 15 is 0 Å². The van der Waals surface area contributed by atoms with Crippen molar-refractivity contribution in [3.8, 4) is 11.5 Å². The summed E-state index contributed by atoms with van der Waals surface area (Å²) in [6.45, 7) is 4.22. The molecule has 0 aliphatic heterocycles. The molecule has 0 bridgehead atoms. The van der Waals surface area contributed by atoms with E-state index < -0.39 is 0 Å². The maximum atomic E-state index is 9.76. The Morgan fingerprint density at radius 2 is 1.80 bits per heavy atom. The molecule has 0 saturated carbocycles. The van der Waals surface area contributed by atoms with Crippen LogP contribution in [0.2, 0.25) is 0 Å². The zero-order chi connectivity index (χ0) is 11.3. The van der Waals surface area contributed by atoms with Crippen LogP contribution in [0.4, 0.5) is 0 Å². The normalized spacial score (nSPS) is 10.5. The fourth-order valence-electron chi connectivity index (χ4n) is 1.83. The molecule has 0 heterocycles. The number of phenolic OH excluding ortho intramolecular Hbond substituents is 2. The van der Waals surface area contributed by atoms with Crippen LogP contribution in [0.25, 0.3) is 0 Å². The number of hydrogen-bond acceptors (Lipinski definition) is 2. The van der Waals surface area contributed by atoms with Gasteiger partial charge < -0.3 is 10.2 Å². The van der Waals surface area contributed by atoms with Gasteiger partial charge in [-0.1, -0.05) is 32.8 Å². The Kier molecular flexibility index (Phi) is 4.47. The molecular weight excluding hydrogens is 188 g/mol. The Bertz CT molecular complexity index is 319. The summed E-state index contributed by atoms with van der Waals surface area (Å²) in [7, 11) is 0. The summed E-state index contributed by atoms with van der Waals surface area (Å²) in [6.07, 6.45) is 5.16. The molecule has 15 heavy (non-hydrogen) atoms. The van der Waals surface area contributed by atoms with Gasteiger partial charge in [-0.05, 0) is 30.9 Å². The van der Waals surface area contributed by atoms with Crippen LogP contribution in [0.5, 0.6) is 11.5 Å². The molecule has 0 atom stereocenters. The van der Waals surface area contributed by atoms with Crippen LogP contribution in [-0.4, -0.2) is 10.2 Å². The topological polar surface area (TPSA) is 40.5 Å². The zero-order valence-corrected chi connectivity index (χ0v) is 9.58. The van der Waals surface area contributed by atoms with Gasteiger partial charge in [-0.3, -0.25) is 0 Å². The fourth-order valence-corrected chi connectivity index (χ4v) is 1.83. The van der Waals surface area contributed by atoms with Crippen molar-refractivity contribution in [2.45, 2.75) is 46.0 Å². The first-order valence-corrected chi connectivity index (χ1v) is 5.73. The van der Waals surface area contributed by atoms with Gasteiger partial charge in [0.25, 0.3) is 0 Å². The quantitative estimate of drug-likeness (QED) is 0.575. The fraction of sp³-hybridized carbons (Fsp3) is 0.538. The molecule has 0 spiro atoms. The van der Waals surface area contributed by atoms with Crippen LogP contribution in [0.1, 0.15) is 44.2 Å². The molecule has 0 aliphatic rings. The van der Waals surface area contributed by atoms with Crippen molar-refractivity contribution in [2.24, 2.45) is 0 Å². The third kappa shape index (κ3) is 2.88. The number of rotatable bonds is 5. The predicted octanol–water partition coefficient (Wildman–Crippen LogP) is 3.39.